The van der Waals surface area contributed by atoms with Crippen LogP contribution < -0.4 is 5.43 Å². The smallest absolute Gasteiger partial charge is 0.186 e. The van der Waals surface area contributed by atoms with E-state index < -0.39 is 0 Å². The van der Waals surface area contributed by atoms with Gasteiger partial charge >= 0.3 is 0 Å². The summed E-state index contributed by atoms with van der Waals surface area (Å²) in [4.78, 5) is 13.2. The molecule has 0 saturated carbocycles. The Balaban J connectivity index is 0.000000861. The van der Waals surface area contributed by atoms with Gasteiger partial charge in [0.25, 0.3) is 0 Å². The molecule has 0 fully saturated rings. The van der Waals surface area contributed by atoms with Crippen molar-refractivity contribution in [2.45, 2.75) is 25.7 Å². The third-order valence-electron chi connectivity index (χ3n) is 2.70. The fourth-order valence-corrected chi connectivity index (χ4v) is 2.68. The maximum Gasteiger partial charge on any atom is 0.186 e. The highest BCUT2D eigenvalue weighted by Crippen LogP contribution is 2.30. The van der Waals surface area contributed by atoms with Crippen molar-refractivity contribution in [1.82, 2.24) is 0 Å². The molecule has 0 aliphatic rings. The average molecular weight is 272 g/mol. The second kappa shape index (κ2) is 7.80. The summed E-state index contributed by atoms with van der Waals surface area (Å²) in [6, 6.07) is 15.1. The van der Waals surface area contributed by atoms with Crippen LogP contribution in [0.15, 0.2) is 58.2 Å². The van der Waals surface area contributed by atoms with Crippen molar-refractivity contribution >= 4 is 11.8 Å². The van der Waals surface area contributed by atoms with E-state index in [-0.39, 0.29) is 5.43 Å². The van der Waals surface area contributed by atoms with Crippen LogP contribution in [0.3, 0.4) is 0 Å². The summed E-state index contributed by atoms with van der Waals surface area (Å²) in [5.74, 6) is 0. The number of rotatable bonds is 2. The average Bonchev–Trinajstić information content (AvgIpc) is 2.65. The highest BCUT2D eigenvalue weighted by Gasteiger charge is 2.08. The van der Waals surface area contributed by atoms with Crippen molar-refractivity contribution in [1.29, 1.82) is 0 Å². The second-order valence-electron chi connectivity index (χ2n) is 3.84. The molecule has 0 amide bonds. The molecule has 1 nitrogen and oxygen atoms in total. The van der Waals surface area contributed by atoms with E-state index in [9.17, 15) is 4.79 Å². The summed E-state index contributed by atoms with van der Waals surface area (Å²) in [7, 11) is 0. The zero-order valence-electron chi connectivity index (χ0n) is 11.9. The monoisotopic (exact) mass is 272 g/mol. The Kier molecular flexibility index (Phi) is 6.37. The Morgan fingerprint density at radius 3 is 2.16 bits per heavy atom. The standard InChI is InChI=1S/C15H14OS.C2H6/c1-11-7-6-9-13(15(11)17-2)12-8-4-3-5-10-14(12)16;1-2/h3-10H,1-2H3;1-2H3. The van der Waals surface area contributed by atoms with E-state index in [0.717, 1.165) is 11.1 Å². The Hall–Kier alpha value is -1.54. The first-order chi connectivity index (χ1) is 9.24. The minimum atomic E-state index is 0.0656. The van der Waals surface area contributed by atoms with Crippen molar-refractivity contribution < 1.29 is 0 Å². The molecule has 19 heavy (non-hydrogen) atoms. The van der Waals surface area contributed by atoms with Gasteiger partial charge in [-0.1, -0.05) is 56.3 Å². The van der Waals surface area contributed by atoms with E-state index >= 15 is 0 Å². The molecule has 0 aliphatic carbocycles. The van der Waals surface area contributed by atoms with Crippen LogP contribution in [0.4, 0.5) is 0 Å². The van der Waals surface area contributed by atoms with Gasteiger partial charge in [-0.05, 0) is 30.4 Å². The van der Waals surface area contributed by atoms with Gasteiger partial charge in [0, 0.05) is 10.5 Å². The first-order valence-electron chi connectivity index (χ1n) is 6.47. The summed E-state index contributed by atoms with van der Waals surface area (Å²) in [6.07, 6.45) is 2.04. The molecular formula is C17H20OS. The first-order valence-corrected chi connectivity index (χ1v) is 7.70. The lowest BCUT2D eigenvalue weighted by molar-refractivity contribution is 1.30. The van der Waals surface area contributed by atoms with Crippen molar-refractivity contribution in [3.8, 4) is 11.1 Å². The summed E-state index contributed by atoms with van der Waals surface area (Å²) in [5.41, 5.74) is 3.07. The van der Waals surface area contributed by atoms with Crippen molar-refractivity contribution in [2.24, 2.45) is 0 Å². The molecule has 0 atom stereocenters. The molecule has 100 valence electrons. The lowest BCUT2D eigenvalue weighted by Crippen LogP contribution is -2.00. The molecular weight excluding hydrogens is 252 g/mol. The van der Waals surface area contributed by atoms with Gasteiger partial charge in [-0.25, -0.2) is 0 Å². The Morgan fingerprint density at radius 2 is 1.47 bits per heavy atom. The molecule has 0 aliphatic heterocycles. The van der Waals surface area contributed by atoms with Crippen LogP contribution in [0.25, 0.3) is 11.1 Å². The lowest BCUT2D eigenvalue weighted by atomic mass is 10.0. The number of aryl methyl sites for hydroxylation is 1. The molecule has 0 N–H and O–H groups in total. The molecule has 2 heteroatoms. The van der Waals surface area contributed by atoms with Crippen LogP contribution in [-0.2, 0) is 0 Å². The van der Waals surface area contributed by atoms with E-state index in [1.807, 2.05) is 50.4 Å². The molecule has 2 aromatic rings. The zero-order valence-corrected chi connectivity index (χ0v) is 12.8. The van der Waals surface area contributed by atoms with Gasteiger partial charge in [-0.15, -0.1) is 11.8 Å². The maximum absolute atomic E-state index is 12.0. The Morgan fingerprint density at radius 1 is 0.842 bits per heavy atom. The quantitative estimate of drug-likeness (QED) is 0.732. The maximum atomic E-state index is 12.0. The van der Waals surface area contributed by atoms with Crippen molar-refractivity contribution in [2.75, 3.05) is 6.26 Å². The summed E-state index contributed by atoms with van der Waals surface area (Å²) in [5, 5.41) is 0. The lowest BCUT2D eigenvalue weighted by Gasteiger charge is -2.08. The molecule has 0 bridgehead atoms. The van der Waals surface area contributed by atoms with Gasteiger partial charge in [0.05, 0.1) is 0 Å². The Bertz CT molecular complexity index is 591. The van der Waals surface area contributed by atoms with Gasteiger partial charge in [-0.3, -0.25) is 4.79 Å². The van der Waals surface area contributed by atoms with Gasteiger partial charge < -0.3 is 0 Å². The summed E-state index contributed by atoms with van der Waals surface area (Å²) < 4.78 is 0. The predicted octanol–water partition coefficient (Wildman–Crippen LogP) is 4.77. The molecule has 2 aromatic carbocycles. The molecule has 0 heterocycles. The molecule has 0 spiro atoms. The van der Waals surface area contributed by atoms with E-state index in [1.54, 1.807) is 23.9 Å². The second-order valence-corrected chi connectivity index (χ2v) is 4.66. The number of benzene rings is 1. The topological polar surface area (TPSA) is 17.1 Å². The summed E-state index contributed by atoms with van der Waals surface area (Å²) >= 11 is 1.68. The minimum Gasteiger partial charge on any atom is -0.289 e. The van der Waals surface area contributed by atoms with Gasteiger partial charge in [-0.2, -0.15) is 0 Å². The van der Waals surface area contributed by atoms with E-state index in [4.69, 9.17) is 0 Å². The van der Waals surface area contributed by atoms with Crippen LogP contribution in [0.2, 0.25) is 0 Å². The molecule has 0 radical (unpaired) electrons. The van der Waals surface area contributed by atoms with E-state index in [2.05, 4.69) is 13.0 Å². The number of hydrogen-bond acceptors (Lipinski definition) is 2. The molecule has 0 saturated heterocycles. The fraction of sp³-hybridized carbons (Fsp3) is 0.235. The van der Waals surface area contributed by atoms with Gasteiger partial charge in [0.2, 0.25) is 0 Å². The highest BCUT2D eigenvalue weighted by molar-refractivity contribution is 7.98. The predicted molar refractivity (Wildman–Crippen MR) is 86.0 cm³/mol. The highest BCUT2D eigenvalue weighted by atomic mass is 32.2. The third kappa shape index (κ3) is 3.71. The van der Waals surface area contributed by atoms with Crippen LogP contribution in [0.5, 0.6) is 0 Å². The minimum absolute atomic E-state index is 0.0656. The summed E-state index contributed by atoms with van der Waals surface area (Å²) in [6.45, 7) is 6.07. The molecule has 2 rings (SSSR count). The Labute approximate surface area is 119 Å². The van der Waals surface area contributed by atoms with E-state index in [0.29, 0.717) is 0 Å². The van der Waals surface area contributed by atoms with Crippen LogP contribution >= 0.6 is 11.8 Å². The first kappa shape index (κ1) is 15.5. The van der Waals surface area contributed by atoms with E-state index in [1.165, 1.54) is 10.5 Å². The largest absolute Gasteiger partial charge is 0.289 e. The van der Waals surface area contributed by atoms with Crippen molar-refractivity contribution in [3.05, 3.63) is 64.3 Å². The normalized spacial score (nSPS) is 9.47. The SMILES string of the molecule is CC.CSc1c(C)cccc1-c1cccccc1=O. The van der Waals surface area contributed by atoms with Crippen molar-refractivity contribution in [3.63, 3.8) is 0 Å². The number of thioether (sulfide) groups is 1. The third-order valence-corrected chi connectivity index (χ3v) is 3.65. The molecule has 0 aromatic heterocycles. The fourth-order valence-electron chi connectivity index (χ4n) is 1.89. The van der Waals surface area contributed by atoms with Crippen LogP contribution in [0.1, 0.15) is 19.4 Å². The van der Waals surface area contributed by atoms with Crippen LogP contribution in [-0.4, -0.2) is 6.26 Å². The molecule has 0 unspecified atom stereocenters. The van der Waals surface area contributed by atoms with Gasteiger partial charge in [0.15, 0.2) is 5.43 Å². The zero-order chi connectivity index (χ0) is 14.3. The van der Waals surface area contributed by atoms with Gasteiger partial charge in [0.1, 0.15) is 0 Å². The number of hydrogen-bond donors (Lipinski definition) is 0. The van der Waals surface area contributed by atoms with Crippen LogP contribution in [0, 0.1) is 6.92 Å².